The highest BCUT2D eigenvalue weighted by atomic mass is 16.2. The van der Waals surface area contributed by atoms with Gasteiger partial charge in [0.2, 0.25) is 11.8 Å². The first-order valence-electron chi connectivity index (χ1n) is 8.44. The smallest absolute Gasteiger partial charge is 0.256 e. The standard InChI is InChI=1S/C14H14N2O2.C8H8N2O2/c1-7-8(2)11(13(17)15-5)10(4)12(9(7)3)14(18)16-6;9-7(11)5-1-2-6(4-3-5)8(10)12/h11-12H,1-6H2;1-4H,(H2,9,11)(H2,10,12). The van der Waals surface area contributed by atoms with Gasteiger partial charge < -0.3 is 11.5 Å². The van der Waals surface area contributed by atoms with Gasteiger partial charge in [0.05, 0.1) is 11.8 Å². The maximum absolute atomic E-state index is 11.7. The highest BCUT2D eigenvalue weighted by molar-refractivity contribution is 5.97. The summed E-state index contributed by atoms with van der Waals surface area (Å²) in [4.78, 5) is 51.3. The van der Waals surface area contributed by atoms with Crippen molar-refractivity contribution in [2.75, 3.05) is 0 Å². The molecule has 0 bridgehead atoms. The fourth-order valence-electron chi connectivity index (χ4n) is 2.77. The average Bonchev–Trinajstić information content (AvgIpc) is 2.72. The van der Waals surface area contributed by atoms with Crippen LogP contribution in [0.1, 0.15) is 20.7 Å². The van der Waals surface area contributed by atoms with Gasteiger partial charge in [-0.25, -0.2) is 9.98 Å². The van der Waals surface area contributed by atoms with Gasteiger partial charge in [-0.1, -0.05) is 26.3 Å². The number of carbonyl (C=O) groups excluding carboxylic acids is 4. The first kappa shape index (κ1) is 23.8. The number of nitrogens with two attached hydrogens (primary N) is 2. The number of allylic oxidation sites excluding steroid dienone is 1. The molecule has 0 spiro atoms. The molecule has 4 N–H and O–H groups in total. The second kappa shape index (κ2) is 9.83. The molecule has 0 aromatic heterocycles. The Hall–Kier alpha value is -4.20. The summed E-state index contributed by atoms with van der Waals surface area (Å²) >= 11 is 0. The highest BCUT2D eigenvalue weighted by Crippen LogP contribution is 2.43. The number of hydrogen-bond acceptors (Lipinski definition) is 4. The van der Waals surface area contributed by atoms with E-state index in [1.54, 1.807) is 0 Å². The second-order valence-electron chi connectivity index (χ2n) is 6.27. The van der Waals surface area contributed by atoms with Crippen molar-refractivity contribution in [3.05, 3.63) is 84.0 Å². The van der Waals surface area contributed by atoms with Crippen molar-refractivity contribution in [1.82, 2.24) is 0 Å². The van der Waals surface area contributed by atoms with Crippen LogP contribution in [-0.2, 0) is 9.59 Å². The third kappa shape index (κ3) is 4.99. The lowest BCUT2D eigenvalue weighted by atomic mass is 9.69. The van der Waals surface area contributed by atoms with Crippen molar-refractivity contribution in [2.45, 2.75) is 0 Å². The van der Waals surface area contributed by atoms with E-state index in [-0.39, 0.29) is 0 Å². The Kier molecular flexibility index (Phi) is 7.81. The van der Waals surface area contributed by atoms with Crippen molar-refractivity contribution in [3.8, 4) is 0 Å². The molecule has 154 valence electrons. The molecule has 30 heavy (non-hydrogen) atoms. The van der Waals surface area contributed by atoms with Crippen LogP contribution >= 0.6 is 0 Å². The topological polar surface area (TPSA) is 145 Å². The number of hydrogen-bond donors (Lipinski definition) is 2. The Morgan fingerprint density at radius 2 is 1.00 bits per heavy atom. The number of amides is 4. The SMILES string of the molecule is C=NC(=O)C1C(=C)C(=C)C(=C)C(C(=O)N=C)C1=C.NC(=O)c1ccc(C(N)=O)cc1. The van der Waals surface area contributed by atoms with Crippen molar-refractivity contribution in [2.24, 2.45) is 33.3 Å². The molecule has 8 heteroatoms. The van der Waals surface area contributed by atoms with Crippen molar-refractivity contribution < 1.29 is 19.2 Å². The van der Waals surface area contributed by atoms with E-state index in [4.69, 9.17) is 11.5 Å². The normalized spacial score (nSPS) is 18.0. The van der Waals surface area contributed by atoms with Gasteiger partial charge >= 0.3 is 0 Å². The lowest BCUT2D eigenvalue weighted by molar-refractivity contribution is -0.121. The molecule has 0 aliphatic heterocycles. The molecule has 1 aromatic carbocycles. The number of carbonyl (C=O) groups is 4. The van der Waals surface area contributed by atoms with E-state index in [1.165, 1.54) is 24.3 Å². The largest absolute Gasteiger partial charge is 0.366 e. The van der Waals surface area contributed by atoms with Gasteiger partial charge in [0.1, 0.15) is 0 Å². The van der Waals surface area contributed by atoms with Gasteiger partial charge in [0, 0.05) is 11.1 Å². The summed E-state index contributed by atoms with van der Waals surface area (Å²) < 4.78 is 0. The molecule has 0 saturated heterocycles. The van der Waals surface area contributed by atoms with E-state index in [2.05, 4.69) is 49.7 Å². The van der Waals surface area contributed by atoms with E-state index in [9.17, 15) is 19.2 Å². The first-order chi connectivity index (χ1) is 14.0. The summed E-state index contributed by atoms with van der Waals surface area (Å²) in [6.45, 7) is 21.5. The van der Waals surface area contributed by atoms with Crippen LogP contribution in [0.3, 0.4) is 0 Å². The third-order valence-electron chi connectivity index (χ3n) is 4.47. The van der Waals surface area contributed by atoms with Crippen LogP contribution in [0.5, 0.6) is 0 Å². The Balaban J connectivity index is 0.000000325. The number of rotatable bonds is 4. The van der Waals surface area contributed by atoms with E-state index < -0.39 is 35.5 Å². The minimum absolute atomic E-state index is 0.340. The molecular weight excluding hydrogens is 384 g/mol. The van der Waals surface area contributed by atoms with Crippen LogP contribution in [0.2, 0.25) is 0 Å². The van der Waals surface area contributed by atoms with Gasteiger partial charge in [-0.05, 0) is 60.0 Å². The summed E-state index contributed by atoms with van der Waals surface area (Å²) in [7, 11) is 0. The Morgan fingerprint density at radius 3 is 1.23 bits per heavy atom. The quantitative estimate of drug-likeness (QED) is 0.580. The van der Waals surface area contributed by atoms with Gasteiger partial charge in [0.25, 0.3) is 11.8 Å². The van der Waals surface area contributed by atoms with Crippen molar-refractivity contribution in [3.63, 3.8) is 0 Å². The predicted octanol–water partition coefficient (Wildman–Crippen LogP) is 1.80. The number of benzene rings is 1. The van der Waals surface area contributed by atoms with Crippen LogP contribution in [0.4, 0.5) is 0 Å². The van der Waals surface area contributed by atoms with Crippen LogP contribution in [0, 0.1) is 11.8 Å². The van der Waals surface area contributed by atoms with Gasteiger partial charge in [0.15, 0.2) is 0 Å². The molecule has 1 aromatic rings. The fourth-order valence-corrected chi connectivity index (χ4v) is 2.77. The van der Waals surface area contributed by atoms with Gasteiger partial charge in [-0.3, -0.25) is 19.2 Å². The molecule has 1 aliphatic rings. The summed E-state index contributed by atoms with van der Waals surface area (Å²) in [6, 6.07) is 5.84. The van der Waals surface area contributed by atoms with E-state index >= 15 is 0 Å². The summed E-state index contributed by atoms with van der Waals surface area (Å²) in [5.41, 5.74) is 12.4. The first-order valence-corrected chi connectivity index (χ1v) is 8.44. The Labute approximate surface area is 174 Å². The van der Waals surface area contributed by atoms with E-state index in [0.717, 1.165) is 0 Å². The Morgan fingerprint density at radius 1 is 0.700 bits per heavy atom. The fraction of sp³-hybridized carbons (Fsp3) is 0.0909. The van der Waals surface area contributed by atoms with Gasteiger partial charge in [-0.15, -0.1) is 0 Å². The molecule has 2 atom stereocenters. The number of primary amides is 2. The monoisotopic (exact) mass is 406 g/mol. The molecule has 1 fully saturated rings. The maximum atomic E-state index is 11.7. The third-order valence-corrected chi connectivity index (χ3v) is 4.47. The van der Waals surface area contributed by atoms with Gasteiger partial charge in [-0.2, -0.15) is 0 Å². The van der Waals surface area contributed by atoms with Crippen molar-refractivity contribution in [1.29, 1.82) is 0 Å². The van der Waals surface area contributed by atoms with E-state index in [1.807, 2.05) is 0 Å². The van der Waals surface area contributed by atoms with Crippen molar-refractivity contribution >= 4 is 37.1 Å². The predicted molar refractivity (Wildman–Crippen MR) is 116 cm³/mol. The average molecular weight is 406 g/mol. The molecule has 0 heterocycles. The number of nitrogens with zero attached hydrogens (tertiary/aromatic N) is 2. The zero-order valence-electron chi connectivity index (χ0n) is 16.4. The molecule has 8 nitrogen and oxygen atoms in total. The molecule has 1 saturated carbocycles. The summed E-state index contributed by atoms with van der Waals surface area (Å²) in [6.07, 6.45) is 0. The van der Waals surface area contributed by atoms with Crippen LogP contribution in [0.25, 0.3) is 0 Å². The van der Waals surface area contributed by atoms with E-state index in [0.29, 0.717) is 33.4 Å². The van der Waals surface area contributed by atoms with Crippen LogP contribution in [0.15, 0.2) is 82.9 Å². The molecule has 2 unspecified atom stereocenters. The molecule has 4 amide bonds. The summed E-state index contributed by atoms with van der Waals surface area (Å²) in [5.74, 6) is -3.66. The van der Waals surface area contributed by atoms with Crippen LogP contribution < -0.4 is 11.5 Å². The zero-order valence-corrected chi connectivity index (χ0v) is 16.4. The second-order valence-corrected chi connectivity index (χ2v) is 6.27. The molecular formula is C22H22N4O4. The maximum Gasteiger partial charge on any atom is 0.256 e. The molecule has 2 rings (SSSR count). The minimum atomic E-state index is -0.795. The zero-order chi connectivity index (χ0) is 23.2. The highest BCUT2D eigenvalue weighted by Gasteiger charge is 2.40. The van der Waals surface area contributed by atoms with Crippen LogP contribution in [-0.4, -0.2) is 37.1 Å². The lowest BCUT2D eigenvalue weighted by Crippen LogP contribution is -2.32. The molecule has 0 radical (unpaired) electrons. The lowest BCUT2D eigenvalue weighted by Gasteiger charge is -2.33. The Bertz CT molecular complexity index is 925. The summed E-state index contributed by atoms with van der Waals surface area (Å²) in [5, 5.41) is 0. The minimum Gasteiger partial charge on any atom is -0.366 e. The number of aliphatic imine (C=N–C) groups is 2. The molecule has 1 aliphatic carbocycles.